The van der Waals surface area contributed by atoms with E-state index in [4.69, 9.17) is 4.74 Å². The van der Waals surface area contributed by atoms with Gasteiger partial charge >= 0.3 is 0 Å². The molecule has 1 aliphatic heterocycles. The molecule has 0 bridgehead atoms. The lowest BCUT2D eigenvalue weighted by molar-refractivity contribution is -0.120. The summed E-state index contributed by atoms with van der Waals surface area (Å²) in [4.78, 5) is 11.9. The second-order valence-electron chi connectivity index (χ2n) is 3.46. The molecule has 1 fully saturated rings. The Hall–Kier alpha value is -1.12. The third kappa shape index (κ3) is 2.52. The average molecular weight is 243 g/mol. The van der Waals surface area contributed by atoms with Crippen LogP contribution in [0.25, 0.3) is 0 Å². The molecule has 2 unspecified atom stereocenters. The molecule has 0 aliphatic carbocycles. The van der Waals surface area contributed by atoms with Gasteiger partial charge in [-0.25, -0.2) is 0 Å². The van der Waals surface area contributed by atoms with E-state index in [2.05, 4.69) is 25.4 Å². The molecule has 7 nitrogen and oxygen atoms in total. The van der Waals surface area contributed by atoms with Gasteiger partial charge < -0.3 is 10.1 Å². The monoisotopic (exact) mass is 243 g/mol. The Balaban J connectivity index is 1.93. The van der Waals surface area contributed by atoms with Gasteiger partial charge in [0, 0.05) is 17.6 Å². The van der Waals surface area contributed by atoms with Gasteiger partial charge in [-0.2, -0.15) is 0 Å². The predicted octanol–water partition coefficient (Wildman–Crippen LogP) is -0.504. The molecule has 2 N–H and O–H groups in total. The zero-order valence-corrected chi connectivity index (χ0v) is 9.66. The Bertz CT molecular complexity index is 344. The molecule has 2 rings (SSSR count). The van der Waals surface area contributed by atoms with Crippen molar-refractivity contribution in [2.75, 3.05) is 25.1 Å². The quantitative estimate of drug-likeness (QED) is 0.741. The van der Waals surface area contributed by atoms with Gasteiger partial charge in [0.1, 0.15) is 0 Å². The highest BCUT2D eigenvalue weighted by Crippen LogP contribution is 2.16. The summed E-state index contributed by atoms with van der Waals surface area (Å²) in [6, 6.07) is 0.0749. The Morgan fingerprint density at radius 3 is 3.19 bits per heavy atom. The summed E-state index contributed by atoms with van der Waals surface area (Å²) in [5.41, 5.74) is 0. The number of anilines is 1. The van der Waals surface area contributed by atoms with Crippen molar-refractivity contribution >= 4 is 22.6 Å². The average Bonchev–Trinajstić information content (AvgIpc) is 2.89. The smallest absolute Gasteiger partial charge is 0.233 e. The molecule has 2 atom stereocenters. The van der Waals surface area contributed by atoms with Crippen molar-refractivity contribution in [3.05, 3.63) is 0 Å². The van der Waals surface area contributed by atoms with E-state index < -0.39 is 0 Å². The molecule has 1 aromatic rings. The maximum absolute atomic E-state index is 11.9. The number of nitrogens with zero attached hydrogens (tertiary/aromatic N) is 3. The van der Waals surface area contributed by atoms with Gasteiger partial charge in [-0.3, -0.25) is 10.1 Å². The number of carbonyl (C=O) groups is 1. The molecule has 1 amide bonds. The van der Waals surface area contributed by atoms with E-state index in [1.54, 1.807) is 0 Å². The SMILES string of the molecule is CCNC1COCC1C(=O)Nc1nnns1. The first-order valence-electron chi connectivity index (χ1n) is 5.08. The van der Waals surface area contributed by atoms with Crippen molar-refractivity contribution in [1.82, 2.24) is 20.1 Å². The van der Waals surface area contributed by atoms with Crippen LogP contribution in [-0.2, 0) is 9.53 Å². The maximum atomic E-state index is 11.9. The summed E-state index contributed by atoms with van der Waals surface area (Å²) < 4.78 is 8.87. The zero-order chi connectivity index (χ0) is 11.4. The highest BCUT2D eigenvalue weighted by Gasteiger charge is 2.33. The molecule has 8 heteroatoms. The van der Waals surface area contributed by atoms with Crippen LogP contribution in [0.3, 0.4) is 0 Å². The van der Waals surface area contributed by atoms with Gasteiger partial charge in [0.2, 0.25) is 11.0 Å². The lowest BCUT2D eigenvalue weighted by atomic mass is 10.0. The normalized spacial score (nSPS) is 24.6. The third-order valence-corrected chi connectivity index (χ3v) is 2.92. The number of carbonyl (C=O) groups excluding carboxylic acids is 1. The van der Waals surface area contributed by atoms with Crippen LogP contribution in [0.2, 0.25) is 0 Å². The first kappa shape index (κ1) is 11.4. The molecular weight excluding hydrogens is 230 g/mol. The van der Waals surface area contributed by atoms with Gasteiger partial charge in [-0.15, -0.1) is 0 Å². The van der Waals surface area contributed by atoms with E-state index in [0.717, 1.165) is 18.1 Å². The number of ether oxygens (including phenoxy) is 1. The van der Waals surface area contributed by atoms with Crippen molar-refractivity contribution < 1.29 is 9.53 Å². The highest BCUT2D eigenvalue weighted by molar-refractivity contribution is 7.09. The van der Waals surface area contributed by atoms with Crippen molar-refractivity contribution in [3.63, 3.8) is 0 Å². The summed E-state index contributed by atoms with van der Waals surface area (Å²) in [7, 11) is 0. The maximum Gasteiger partial charge on any atom is 0.233 e. The van der Waals surface area contributed by atoms with Crippen molar-refractivity contribution in [3.8, 4) is 0 Å². The van der Waals surface area contributed by atoms with E-state index in [1.807, 2.05) is 6.92 Å². The lowest BCUT2D eigenvalue weighted by Crippen LogP contribution is -2.41. The van der Waals surface area contributed by atoms with Crippen LogP contribution in [0.1, 0.15) is 6.92 Å². The largest absolute Gasteiger partial charge is 0.379 e. The Morgan fingerprint density at radius 2 is 2.50 bits per heavy atom. The van der Waals surface area contributed by atoms with Crippen LogP contribution in [0.5, 0.6) is 0 Å². The van der Waals surface area contributed by atoms with Crippen molar-refractivity contribution in [2.24, 2.45) is 5.92 Å². The molecule has 0 aromatic carbocycles. The fourth-order valence-electron chi connectivity index (χ4n) is 1.66. The molecule has 0 saturated carbocycles. The molecule has 16 heavy (non-hydrogen) atoms. The zero-order valence-electron chi connectivity index (χ0n) is 8.84. The fraction of sp³-hybridized carbons (Fsp3) is 0.750. The topological polar surface area (TPSA) is 89.0 Å². The van der Waals surface area contributed by atoms with E-state index in [1.165, 1.54) is 0 Å². The summed E-state index contributed by atoms with van der Waals surface area (Å²) in [5.74, 6) is -0.272. The standard InChI is InChI=1S/C8H13N5O2S/c1-2-9-6-4-15-3-5(6)7(14)10-8-11-12-13-16-8/h5-6,9H,2-4H2,1H3,(H,10,11,13,14). The molecule has 0 spiro atoms. The van der Waals surface area contributed by atoms with E-state index in [9.17, 15) is 4.79 Å². The number of hydrogen-bond donors (Lipinski definition) is 2. The molecule has 88 valence electrons. The Morgan fingerprint density at radius 1 is 1.62 bits per heavy atom. The number of hydrogen-bond acceptors (Lipinski definition) is 7. The first-order valence-corrected chi connectivity index (χ1v) is 5.85. The first-order chi connectivity index (χ1) is 7.81. The fourth-order valence-corrected chi connectivity index (χ4v) is 2.03. The highest BCUT2D eigenvalue weighted by atomic mass is 32.1. The van der Waals surface area contributed by atoms with Gasteiger partial charge in [-0.1, -0.05) is 16.5 Å². The van der Waals surface area contributed by atoms with Crippen LogP contribution in [-0.4, -0.2) is 46.5 Å². The van der Waals surface area contributed by atoms with Crippen LogP contribution >= 0.6 is 11.5 Å². The number of amides is 1. The second kappa shape index (κ2) is 5.28. The number of aromatic nitrogens is 3. The number of rotatable bonds is 4. The lowest BCUT2D eigenvalue weighted by Gasteiger charge is -2.16. The van der Waals surface area contributed by atoms with Gasteiger partial charge in [0.05, 0.1) is 19.1 Å². The minimum atomic E-state index is -0.177. The van der Waals surface area contributed by atoms with E-state index >= 15 is 0 Å². The molecule has 1 aromatic heterocycles. The second-order valence-corrected chi connectivity index (χ2v) is 4.20. The van der Waals surface area contributed by atoms with Gasteiger partial charge in [0.15, 0.2) is 0 Å². The molecular formula is C8H13N5O2S. The number of nitrogens with one attached hydrogen (secondary N) is 2. The molecule has 2 heterocycles. The van der Waals surface area contributed by atoms with Crippen LogP contribution in [0, 0.1) is 5.92 Å². The molecule has 1 saturated heterocycles. The van der Waals surface area contributed by atoms with Crippen LogP contribution < -0.4 is 10.6 Å². The van der Waals surface area contributed by atoms with Crippen LogP contribution in [0.4, 0.5) is 5.13 Å². The summed E-state index contributed by atoms with van der Waals surface area (Å²) in [6.07, 6.45) is 0. The third-order valence-electron chi connectivity index (χ3n) is 2.41. The number of likely N-dealkylation sites (N-methyl/N-ethyl adjacent to an activating group) is 1. The summed E-state index contributed by atoms with van der Waals surface area (Å²) >= 11 is 1.06. The molecule has 0 radical (unpaired) electrons. The minimum absolute atomic E-state index is 0.0749. The minimum Gasteiger partial charge on any atom is -0.379 e. The van der Waals surface area contributed by atoms with Crippen molar-refractivity contribution in [2.45, 2.75) is 13.0 Å². The van der Waals surface area contributed by atoms with E-state index in [0.29, 0.717) is 18.3 Å². The van der Waals surface area contributed by atoms with Crippen LogP contribution in [0.15, 0.2) is 0 Å². The van der Waals surface area contributed by atoms with Gasteiger partial charge in [0.25, 0.3) is 0 Å². The Kier molecular flexibility index (Phi) is 3.75. The Labute approximate surface area is 96.7 Å². The summed E-state index contributed by atoms with van der Waals surface area (Å²) in [6.45, 7) is 3.83. The van der Waals surface area contributed by atoms with Gasteiger partial charge in [-0.05, 0) is 11.8 Å². The summed E-state index contributed by atoms with van der Waals surface area (Å²) in [5, 5.41) is 13.4. The van der Waals surface area contributed by atoms with Crippen molar-refractivity contribution in [1.29, 1.82) is 0 Å². The molecule has 1 aliphatic rings. The predicted molar refractivity (Wildman–Crippen MR) is 58.1 cm³/mol. The van der Waals surface area contributed by atoms with E-state index in [-0.39, 0.29) is 17.9 Å².